The zero-order valence-electron chi connectivity index (χ0n) is 8.13. The van der Waals surface area contributed by atoms with Crippen LogP contribution >= 0.6 is 23.2 Å². The van der Waals surface area contributed by atoms with Crippen LogP contribution in [0.25, 0.3) is 0 Å². The van der Waals surface area contributed by atoms with E-state index in [0.29, 0.717) is 18.4 Å². The van der Waals surface area contributed by atoms with Crippen LogP contribution in [0.5, 0.6) is 0 Å². The molecule has 0 aliphatic heterocycles. The number of halogens is 5. The summed E-state index contributed by atoms with van der Waals surface area (Å²) < 4.78 is 37.1. The maximum absolute atomic E-state index is 12.4. The highest BCUT2D eigenvalue weighted by molar-refractivity contribution is 6.38. The van der Waals surface area contributed by atoms with Crippen molar-refractivity contribution in [1.82, 2.24) is 0 Å². The average molecular weight is 285 g/mol. The van der Waals surface area contributed by atoms with Gasteiger partial charge >= 0.3 is 6.18 Å². The van der Waals surface area contributed by atoms with Gasteiger partial charge in [0.05, 0.1) is 15.6 Å². The number of hydrogen-bond donors (Lipinski definition) is 0. The van der Waals surface area contributed by atoms with Gasteiger partial charge in [-0.25, -0.2) is 0 Å². The number of benzene rings is 1. The molecule has 92 valence electrons. The van der Waals surface area contributed by atoms with Crippen molar-refractivity contribution in [2.24, 2.45) is 10.2 Å². The minimum Gasteiger partial charge on any atom is -0.301 e. The quantitative estimate of drug-likeness (QED) is 0.603. The highest BCUT2D eigenvalue weighted by Gasteiger charge is 2.32. The zero-order chi connectivity index (χ0) is 13.1. The summed E-state index contributed by atoms with van der Waals surface area (Å²) in [5, 5.41) is 6.30. The van der Waals surface area contributed by atoms with Crippen LogP contribution in [0.2, 0.25) is 10.0 Å². The Hall–Kier alpha value is -1.14. The second kappa shape index (κ2) is 5.46. The van der Waals surface area contributed by atoms with E-state index in [1.54, 1.807) is 0 Å². The molecule has 0 N–H and O–H groups in total. The molecule has 0 aliphatic carbocycles. The predicted molar refractivity (Wildman–Crippen MR) is 56.9 cm³/mol. The van der Waals surface area contributed by atoms with Gasteiger partial charge in [-0.3, -0.25) is 0 Å². The third-order valence-corrected chi connectivity index (χ3v) is 2.25. The lowest BCUT2D eigenvalue weighted by Gasteiger charge is -2.09. The number of carbonyl (C=O) groups is 1. The van der Waals surface area contributed by atoms with E-state index in [1.165, 1.54) is 0 Å². The minimum absolute atomic E-state index is 0.0943. The van der Waals surface area contributed by atoms with Crippen LogP contribution in [-0.2, 0) is 11.0 Å². The summed E-state index contributed by atoms with van der Waals surface area (Å²) in [6.07, 6.45) is -4.05. The van der Waals surface area contributed by atoms with E-state index in [4.69, 9.17) is 23.2 Å². The molecule has 0 bridgehead atoms. The van der Waals surface area contributed by atoms with Crippen LogP contribution in [-0.4, -0.2) is 12.8 Å². The van der Waals surface area contributed by atoms with E-state index in [2.05, 4.69) is 10.2 Å². The van der Waals surface area contributed by atoms with E-state index in [0.717, 1.165) is 0 Å². The molecule has 0 heterocycles. The first kappa shape index (κ1) is 13.9. The fourth-order valence-corrected chi connectivity index (χ4v) is 1.53. The number of azo groups is 1. The van der Waals surface area contributed by atoms with Gasteiger partial charge < -0.3 is 4.79 Å². The van der Waals surface area contributed by atoms with Crippen LogP contribution in [0.15, 0.2) is 22.4 Å². The van der Waals surface area contributed by atoms with Crippen molar-refractivity contribution in [3.8, 4) is 0 Å². The Balaban J connectivity index is 3.15. The summed E-state index contributed by atoms with van der Waals surface area (Å²) >= 11 is 11.2. The Kier molecular flexibility index (Phi) is 4.47. The fraction of sp³-hybridized carbons (Fsp3) is 0.222. The molecule has 1 aromatic rings. The highest BCUT2D eigenvalue weighted by atomic mass is 35.5. The molecule has 0 saturated carbocycles. The number of alkyl halides is 3. The lowest BCUT2D eigenvalue weighted by Crippen LogP contribution is -2.04. The van der Waals surface area contributed by atoms with Crippen molar-refractivity contribution in [3.05, 3.63) is 27.7 Å². The molecule has 0 saturated heterocycles. The first-order chi connectivity index (χ1) is 7.86. The van der Waals surface area contributed by atoms with Gasteiger partial charge in [-0.1, -0.05) is 23.2 Å². The second-order valence-corrected chi connectivity index (χ2v) is 3.69. The predicted octanol–water partition coefficient (Wildman–Crippen LogP) is 4.29. The smallest absolute Gasteiger partial charge is 0.301 e. The van der Waals surface area contributed by atoms with Crippen molar-refractivity contribution < 1.29 is 18.0 Å². The van der Waals surface area contributed by atoms with Gasteiger partial charge in [0.2, 0.25) is 0 Å². The molecule has 17 heavy (non-hydrogen) atoms. The third kappa shape index (κ3) is 3.67. The van der Waals surface area contributed by atoms with Crippen LogP contribution in [0.1, 0.15) is 5.56 Å². The number of nitrogens with zero attached hydrogens (tertiary/aromatic N) is 2. The van der Waals surface area contributed by atoms with Crippen LogP contribution in [0.3, 0.4) is 0 Å². The Morgan fingerprint density at radius 3 is 2.18 bits per heavy atom. The molecule has 8 heteroatoms. The van der Waals surface area contributed by atoms with Crippen molar-refractivity contribution in [3.63, 3.8) is 0 Å². The van der Waals surface area contributed by atoms with E-state index in [-0.39, 0.29) is 22.3 Å². The first-order valence-electron chi connectivity index (χ1n) is 4.23. The summed E-state index contributed by atoms with van der Waals surface area (Å²) in [5.74, 6) is 0. The Morgan fingerprint density at radius 2 is 1.76 bits per heavy atom. The molecular formula is C9H5Cl2F3N2O. The standard InChI is InChI=1S/C9H5Cl2F3N2O/c10-6-3-5(9(12,13)14)4-7(11)8(6)16-15-1-2-17/h2-4H,1H2. The third-order valence-electron chi connectivity index (χ3n) is 1.67. The number of rotatable bonds is 3. The molecule has 0 fully saturated rings. The van der Waals surface area contributed by atoms with Crippen LogP contribution in [0.4, 0.5) is 18.9 Å². The fourth-order valence-electron chi connectivity index (χ4n) is 0.970. The summed E-state index contributed by atoms with van der Waals surface area (Å²) in [7, 11) is 0. The second-order valence-electron chi connectivity index (χ2n) is 2.88. The summed E-state index contributed by atoms with van der Waals surface area (Å²) in [5.41, 5.74) is -1.06. The molecule has 0 aliphatic rings. The van der Waals surface area contributed by atoms with Crippen molar-refractivity contribution in [2.75, 3.05) is 6.54 Å². The minimum atomic E-state index is -4.54. The van der Waals surface area contributed by atoms with Crippen molar-refractivity contribution >= 4 is 35.2 Å². The molecule has 1 aromatic carbocycles. The monoisotopic (exact) mass is 284 g/mol. The van der Waals surface area contributed by atoms with Crippen LogP contribution < -0.4 is 0 Å². The van der Waals surface area contributed by atoms with Gasteiger partial charge in [-0.15, -0.1) is 0 Å². The molecule has 0 unspecified atom stereocenters. The van der Waals surface area contributed by atoms with E-state index < -0.39 is 11.7 Å². The van der Waals surface area contributed by atoms with Gasteiger partial charge in [0.15, 0.2) is 0 Å². The number of aldehydes is 1. The first-order valence-corrected chi connectivity index (χ1v) is 4.99. The Morgan fingerprint density at radius 1 is 1.24 bits per heavy atom. The number of hydrogen-bond acceptors (Lipinski definition) is 3. The van der Waals surface area contributed by atoms with Crippen molar-refractivity contribution in [2.45, 2.75) is 6.18 Å². The maximum atomic E-state index is 12.4. The lowest BCUT2D eigenvalue weighted by atomic mass is 10.2. The lowest BCUT2D eigenvalue weighted by molar-refractivity contribution is -0.137. The molecular weight excluding hydrogens is 280 g/mol. The topological polar surface area (TPSA) is 41.8 Å². The van der Waals surface area contributed by atoms with Gasteiger partial charge in [0, 0.05) is 0 Å². The van der Waals surface area contributed by atoms with E-state index in [9.17, 15) is 18.0 Å². The van der Waals surface area contributed by atoms with E-state index >= 15 is 0 Å². The molecule has 0 amide bonds. The molecule has 0 radical (unpaired) electrons. The largest absolute Gasteiger partial charge is 0.416 e. The SMILES string of the molecule is O=CCN=Nc1c(Cl)cc(C(F)(F)F)cc1Cl. The van der Waals surface area contributed by atoms with Crippen molar-refractivity contribution in [1.29, 1.82) is 0 Å². The van der Waals surface area contributed by atoms with Crippen LogP contribution in [0, 0.1) is 0 Å². The summed E-state index contributed by atoms with van der Waals surface area (Å²) in [4.78, 5) is 9.98. The molecule has 1 rings (SSSR count). The Labute approximate surface area is 104 Å². The number of carbonyl (C=O) groups excluding carboxylic acids is 1. The molecule has 0 aromatic heterocycles. The van der Waals surface area contributed by atoms with Gasteiger partial charge in [-0.2, -0.15) is 23.4 Å². The Bertz CT molecular complexity index is 437. The van der Waals surface area contributed by atoms with Gasteiger partial charge in [-0.05, 0) is 12.1 Å². The molecule has 0 spiro atoms. The molecule has 0 atom stereocenters. The average Bonchev–Trinajstić information content (AvgIpc) is 2.20. The van der Waals surface area contributed by atoms with Gasteiger partial charge in [0.1, 0.15) is 18.5 Å². The molecule has 3 nitrogen and oxygen atoms in total. The normalized spacial score (nSPS) is 12.1. The van der Waals surface area contributed by atoms with Gasteiger partial charge in [0.25, 0.3) is 0 Å². The zero-order valence-corrected chi connectivity index (χ0v) is 9.64. The summed E-state index contributed by atoms with van der Waals surface area (Å²) in [6.45, 7) is -0.215. The maximum Gasteiger partial charge on any atom is 0.416 e. The highest BCUT2D eigenvalue weighted by Crippen LogP contribution is 2.39. The van der Waals surface area contributed by atoms with E-state index in [1.807, 2.05) is 0 Å². The summed E-state index contributed by atoms with van der Waals surface area (Å²) in [6, 6.07) is 1.39.